The molecule has 0 aliphatic rings. The first-order valence-electron chi connectivity index (χ1n) is 8.30. The van der Waals surface area contributed by atoms with Crippen molar-refractivity contribution in [3.63, 3.8) is 0 Å². The molecule has 1 aromatic carbocycles. The zero-order valence-corrected chi connectivity index (χ0v) is 16.4. The number of hydrogen-bond donors (Lipinski definition) is 1. The molecular weight excluding hydrogens is 350 g/mol. The molecular formula is C19H25N3O3S. The summed E-state index contributed by atoms with van der Waals surface area (Å²) in [4.78, 5) is 28.8. The highest BCUT2D eigenvalue weighted by Crippen LogP contribution is 2.23. The van der Waals surface area contributed by atoms with Gasteiger partial charge in [0.2, 0.25) is 5.91 Å². The van der Waals surface area contributed by atoms with E-state index in [0.29, 0.717) is 17.9 Å². The van der Waals surface area contributed by atoms with E-state index >= 15 is 0 Å². The third-order valence-electron chi connectivity index (χ3n) is 3.93. The Balaban J connectivity index is 2.04. The summed E-state index contributed by atoms with van der Waals surface area (Å²) in [5.41, 5.74) is 0.570. The van der Waals surface area contributed by atoms with Crippen molar-refractivity contribution in [2.75, 3.05) is 40.5 Å². The normalized spacial score (nSPS) is 12.0. The van der Waals surface area contributed by atoms with Gasteiger partial charge in [-0.15, -0.1) is 11.8 Å². The molecule has 2 aromatic rings. The van der Waals surface area contributed by atoms with Gasteiger partial charge in [0.15, 0.2) is 0 Å². The summed E-state index contributed by atoms with van der Waals surface area (Å²) in [5, 5.41) is 2.97. The minimum atomic E-state index is -0.163. The van der Waals surface area contributed by atoms with Crippen molar-refractivity contribution in [2.45, 2.75) is 10.9 Å². The van der Waals surface area contributed by atoms with E-state index in [2.05, 4.69) is 5.32 Å². The number of carbonyl (C=O) groups excluding carboxylic acids is 2. The Hall–Kier alpha value is -2.25. The molecule has 1 atom stereocenters. The van der Waals surface area contributed by atoms with E-state index < -0.39 is 0 Å². The molecule has 0 spiro atoms. The van der Waals surface area contributed by atoms with Crippen LogP contribution in [0, 0.1) is 0 Å². The number of furan rings is 1. The van der Waals surface area contributed by atoms with Gasteiger partial charge in [-0.25, -0.2) is 0 Å². The maximum Gasteiger partial charge on any atom is 0.252 e. The number of likely N-dealkylation sites (N-methyl/N-ethyl adjacent to an activating group) is 1. The lowest BCUT2D eigenvalue weighted by atomic mass is 10.1. The van der Waals surface area contributed by atoms with Gasteiger partial charge in [0, 0.05) is 25.5 Å². The van der Waals surface area contributed by atoms with Crippen LogP contribution in [-0.4, -0.2) is 62.1 Å². The van der Waals surface area contributed by atoms with Gasteiger partial charge in [-0.1, -0.05) is 12.1 Å². The smallest absolute Gasteiger partial charge is 0.252 e. The highest BCUT2D eigenvalue weighted by molar-refractivity contribution is 8.00. The Morgan fingerprint density at radius 2 is 1.85 bits per heavy atom. The van der Waals surface area contributed by atoms with E-state index in [-0.39, 0.29) is 17.9 Å². The van der Waals surface area contributed by atoms with Gasteiger partial charge >= 0.3 is 0 Å². The van der Waals surface area contributed by atoms with E-state index in [4.69, 9.17) is 4.42 Å². The van der Waals surface area contributed by atoms with Crippen LogP contribution in [0.25, 0.3) is 0 Å². The molecule has 2 rings (SSSR count). The molecule has 1 unspecified atom stereocenters. The van der Waals surface area contributed by atoms with E-state index in [1.54, 1.807) is 31.3 Å². The molecule has 26 heavy (non-hydrogen) atoms. The Morgan fingerprint density at radius 3 is 2.46 bits per heavy atom. The highest BCUT2D eigenvalue weighted by Gasteiger charge is 2.19. The van der Waals surface area contributed by atoms with Crippen LogP contribution in [0.5, 0.6) is 0 Å². The van der Waals surface area contributed by atoms with Crippen LogP contribution in [0.15, 0.2) is 52.0 Å². The number of rotatable bonds is 8. The monoisotopic (exact) mass is 375 g/mol. The van der Waals surface area contributed by atoms with E-state index in [1.807, 2.05) is 49.3 Å². The van der Waals surface area contributed by atoms with Gasteiger partial charge < -0.3 is 14.6 Å². The van der Waals surface area contributed by atoms with Gasteiger partial charge in [-0.2, -0.15) is 0 Å². The van der Waals surface area contributed by atoms with Crippen molar-refractivity contribution in [3.05, 3.63) is 54.0 Å². The Kier molecular flexibility index (Phi) is 7.29. The Morgan fingerprint density at radius 1 is 1.12 bits per heavy atom. The summed E-state index contributed by atoms with van der Waals surface area (Å²) < 4.78 is 5.47. The molecule has 6 nitrogen and oxygen atoms in total. The summed E-state index contributed by atoms with van der Waals surface area (Å²) in [5.74, 6) is 0.943. The second kappa shape index (κ2) is 9.45. The van der Waals surface area contributed by atoms with Crippen molar-refractivity contribution in [2.24, 2.45) is 0 Å². The lowest BCUT2D eigenvalue weighted by Gasteiger charge is -2.22. The molecule has 0 aliphatic heterocycles. The molecule has 2 amide bonds. The van der Waals surface area contributed by atoms with E-state index in [1.165, 1.54) is 11.8 Å². The molecule has 0 radical (unpaired) electrons. The molecule has 1 heterocycles. The van der Waals surface area contributed by atoms with Crippen molar-refractivity contribution < 1.29 is 14.0 Å². The quantitative estimate of drug-likeness (QED) is 0.718. The minimum absolute atomic E-state index is 0.00991. The predicted molar refractivity (Wildman–Crippen MR) is 103 cm³/mol. The van der Waals surface area contributed by atoms with Crippen LogP contribution >= 0.6 is 11.8 Å². The fourth-order valence-electron chi connectivity index (χ4n) is 2.35. The standard InChI is InChI=1S/C19H25N3O3S/c1-21(2)15(16-9-7-11-25-16)12-20-19(24)14-8-5-6-10-17(14)26-13-18(23)22(3)4/h5-11,15H,12-13H2,1-4H3,(H,20,24). The molecule has 0 bridgehead atoms. The number of amides is 2. The summed E-state index contributed by atoms with van der Waals surface area (Å²) in [6.07, 6.45) is 1.63. The van der Waals surface area contributed by atoms with Crippen LogP contribution < -0.4 is 5.32 Å². The topological polar surface area (TPSA) is 65.8 Å². The zero-order chi connectivity index (χ0) is 19.1. The molecule has 1 aromatic heterocycles. The first-order valence-corrected chi connectivity index (χ1v) is 9.28. The van der Waals surface area contributed by atoms with Crippen LogP contribution in [0.1, 0.15) is 22.2 Å². The van der Waals surface area contributed by atoms with Crippen LogP contribution in [0.2, 0.25) is 0 Å². The average Bonchev–Trinajstić information content (AvgIpc) is 3.13. The van der Waals surface area contributed by atoms with Crippen LogP contribution in [0.4, 0.5) is 0 Å². The molecule has 0 fully saturated rings. The SMILES string of the molecule is CN(C)C(=O)CSc1ccccc1C(=O)NCC(c1ccco1)N(C)C. The van der Waals surface area contributed by atoms with Crippen LogP contribution in [-0.2, 0) is 4.79 Å². The fourth-order valence-corrected chi connectivity index (χ4v) is 3.38. The number of nitrogens with zero attached hydrogens (tertiary/aromatic N) is 2. The van der Waals surface area contributed by atoms with E-state index in [9.17, 15) is 9.59 Å². The van der Waals surface area contributed by atoms with Crippen molar-refractivity contribution in [3.8, 4) is 0 Å². The second-order valence-electron chi connectivity index (χ2n) is 6.28. The largest absolute Gasteiger partial charge is 0.468 e. The molecule has 0 saturated heterocycles. The summed E-state index contributed by atoms with van der Waals surface area (Å²) in [6.45, 7) is 0.426. The molecule has 140 valence electrons. The lowest BCUT2D eigenvalue weighted by molar-refractivity contribution is -0.125. The maximum absolute atomic E-state index is 12.7. The van der Waals surface area contributed by atoms with Gasteiger partial charge in [-0.3, -0.25) is 14.5 Å². The van der Waals surface area contributed by atoms with E-state index in [0.717, 1.165) is 10.7 Å². The third kappa shape index (κ3) is 5.37. The first-order chi connectivity index (χ1) is 12.4. The van der Waals surface area contributed by atoms with Crippen molar-refractivity contribution >= 4 is 23.6 Å². The number of benzene rings is 1. The first kappa shape index (κ1) is 20.1. The summed E-state index contributed by atoms with van der Waals surface area (Å²) >= 11 is 1.37. The Labute approximate surface area is 158 Å². The second-order valence-corrected chi connectivity index (χ2v) is 7.30. The molecule has 0 aliphatic carbocycles. The highest BCUT2D eigenvalue weighted by atomic mass is 32.2. The minimum Gasteiger partial charge on any atom is -0.468 e. The maximum atomic E-state index is 12.7. The summed E-state index contributed by atoms with van der Waals surface area (Å²) in [7, 11) is 7.32. The molecule has 0 saturated carbocycles. The van der Waals surface area contributed by atoms with Crippen molar-refractivity contribution in [1.82, 2.24) is 15.1 Å². The molecule has 7 heteroatoms. The van der Waals surface area contributed by atoms with Gasteiger partial charge in [0.25, 0.3) is 5.91 Å². The van der Waals surface area contributed by atoms with Gasteiger partial charge in [-0.05, 0) is 38.4 Å². The molecule has 1 N–H and O–H groups in total. The zero-order valence-electron chi connectivity index (χ0n) is 15.6. The lowest BCUT2D eigenvalue weighted by Crippen LogP contribution is -2.34. The predicted octanol–water partition coefficient (Wildman–Crippen LogP) is 2.49. The van der Waals surface area contributed by atoms with Crippen LogP contribution in [0.3, 0.4) is 0 Å². The van der Waals surface area contributed by atoms with Crippen molar-refractivity contribution in [1.29, 1.82) is 0 Å². The van der Waals surface area contributed by atoms with Gasteiger partial charge in [0.05, 0.1) is 23.6 Å². The number of thioether (sulfide) groups is 1. The number of nitrogens with one attached hydrogen (secondary N) is 1. The Bertz CT molecular complexity index is 729. The fraction of sp³-hybridized carbons (Fsp3) is 0.368. The number of hydrogen-bond acceptors (Lipinski definition) is 5. The van der Waals surface area contributed by atoms with Gasteiger partial charge in [0.1, 0.15) is 5.76 Å². The summed E-state index contributed by atoms with van der Waals surface area (Å²) in [6, 6.07) is 11.0. The average molecular weight is 375 g/mol. The number of carbonyl (C=O) groups is 2. The third-order valence-corrected chi connectivity index (χ3v) is 4.99.